The Morgan fingerprint density at radius 3 is 2.73 bits per heavy atom. The molecule has 0 radical (unpaired) electrons. The van der Waals surface area contributed by atoms with Gasteiger partial charge in [0.15, 0.2) is 0 Å². The second-order valence-corrected chi connectivity index (χ2v) is 7.30. The van der Waals surface area contributed by atoms with Crippen LogP contribution in [0.15, 0.2) is 46.9 Å². The van der Waals surface area contributed by atoms with Gasteiger partial charge in [-0.15, -0.1) is 10.2 Å². The second-order valence-electron chi connectivity index (χ2n) is 6.45. The number of aliphatic hydroxyl groups is 1. The van der Waals surface area contributed by atoms with Gasteiger partial charge in [-0.05, 0) is 42.4 Å². The molecule has 7 heteroatoms. The van der Waals surface area contributed by atoms with Gasteiger partial charge >= 0.3 is 0 Å². The van der Waals surface area contributed by atoms with E-state index >= 15 is 0 Å². The minimum absolute atomic E-state index is 0.228. The zero-order chi connectivity index (χ0) is 18.3. The highest BCUT2D eigenvalue weighted by molar-refractivity contribution is 6.35. The predicted octanol–water partition coefficient (Wildman–Crippen LogP) is 4.13. The number of likely N-dealkylation sites (N-methyl/N-ethyl adjacent to an activating group) is 1. The number of rotatable bonds is 4. The molecular formula is C19H17Cl2N3O2. The first-order valence-electron chi connectivity index (χ1n) is 8.27. The van der Waals surface area contributed by atoms with E-state index in [1.54, 1.807) is 6.07 Å². The maximum atomic E-state index is 10.5. The van der Waals surface area contributed by atoms with Crippen molar-refractivity contribution < 1.29 is 9.52 Å². The molecule has 0 fully saturated rings. The number of fused-ring (bicyclic) bond motifs is 1. The fourth-order valence-electron chi connectivity index (χ4n) is 3.49. The molecule has 0 bridgehead atoms. The van der Waals surface area contributed by atoms with E-state index in [-0.39, 0.29) is 6.04 Å². The molecule has 2 atom stereocenters. The molecule has 0 saturated heterocycles. The summed E-state index contributed by atoms with van der Waals surface area (Å²) in [6.45, 7) is 0.408. The Kier molecular flexibility index (Phi) is 4.71. The first kappa shape index (κ1) is 17.5. The molecule has 26 heavy (non-hydrogen) atoms. The van der Waals surface area contributed by atoms with Crippen molar-refractivity contribution in [1.82, 2.24) is 15.1 Å². The van der Waals surface area contributed by atoms with E-state index in [4.69, 9.17) is 27.6 Å². The Morgan fingerprint density at radius 1 is 1.19 bits per heavy atom. The average molecular weight is 390 g/mol. The zero-order valence-corrected chi connectivity index (χ0v) is 15.6. The van der Waals surface area contributed by atoms with Crippen molar-refractivity contribution in [2.24, 2.45) is 0 Å². The molecule has 0 saturated carbocycles. The molecule has 0 spiro atoms. The number of benzene rings is 2. The lowest BCUT2D eigenvalue weighted by Crippen LogP contribution is -2.30. The summed E-state index contributed by atoms with van der Waals surface area (Å²) in [6, 6.07) is 13.0. The lowest BCUT2D eigenvalue weighted by Gasteiger charge is -2.26. The molecule has 1 aliphatic carbocycles. The maximum Gasteiger partial charge on any atom is 0.247 e. The van der Waals surface area contributed by atoms with Crippen LogP contribution < -0.4 is 0 Å². The van der Waals surface area contributed by atoms with E-state index in [0.29, 0.717) is 34.8 Å². The van der Waals surface area contributed by atoms with Gasteiger partial charge < -0.3 is 9.52 Å². The summed E-state index contributed by atoms with van der Waals surface area (Å²) in [5.74, 6) is 0.965. The van der Waals surface area contributed by atoms with Gasteiger partial charge in [0.2, 0.25) is 11.8 Å². The normalized spacial score (nSPS) is 19.1. The summed E-state index contributed by atoms with van der Waals surface area (Å²) in [5, 5.41) is 19.9. The number of nitrogens with zero attached hydrogens (tertiary/aromatic N) is 3. The van der Waals surface area contributed by atoms with Crippen molar-refractivity contribution in [2.45, 2.75) is 25.1 Å². The molecule has 0 aliphatic heterocycles. The quantitative estimate of drug-likeness (QED) is 0.726. The van der Waals surface area contributed by atoms with E-state index in [1.165, 1.54) is 0 Å². The molecule has 1 heterocycles. The van der Waals surface area contributed by atoms with E-state index in [2.05, 4.69) is 10.2 Å². The summed E-state index contributed by atoms with van der Waals surface area (Å²) in [4.78, 5) is 1.98. The predicted molar refractivity (Wildman–Crippen MR) is 100 cm³/mol. The Labute approximate surface area is 161 Å². The highest BCUT2D eigenvalue weighted by atomic mass is 35.5. The lowest BCUT2D eigenvalue weighted by molar-refractivity contribution is 0.0680. The minimum atomic E-state index is -0.567. The van der Waals surface area contributed by atoms with Crippen molar-refractivity contribution in [3.8, 4) is 11.5 Å². The number of aliphatic hydroxyl groups excluding tert-OH is 1. The smallest absolute Gasteiger partial charge is 0.247 e. The van der Waals surface area contributed by atoms with Crippen LogP contribution in [0, 0.1) is 0 Å². The topological polar surface area (TPSA) is 62.4 Å². The molecule has 1 aliphatic rings. The fraction of sp³-hybridized carbons (Fsp3) is 0.263. The molecule has 1 N–H and O–H groups in total. The lowest BCUT2D eigenvalue weighted by atomic mass is 10.1. The molecular weight excluding hydrogens is 373 g/mol. The van der Waals surface area contributed by atoms with Crippen molar-refractivity contribution in [3.05, 3.63) is 69.5 Å². The SMILES string of the molecule is CN(Cc1nnc(-c2ccccc2)o1)C1c2cc(Cl)cc(Cl)c2CC1O. The molecule has 0 amide bonds. The maximum absolute atomic E-state index is 10.5. The van der Waals surface area contributed by atoms with Crippen molar-refractivity contribution in [2.75, 3.05) is 7.05 Å². The summed E-state index contributed by atoms with van der Waals surface area (Å²) in [7, 11) is 1.91. The fourth-order valence-corrected chi connectivity index (χ4v) is 4.07. The molecule has 2 unspecified atom stereocenters. The third-order valence-corrected chi connectivity index (χ3v) is 5.19. The van der Waals surface area contributed by atoms with Crippen LogP contribution >= 0.6 is 23.2 Å². The largest absolute Gasteiger partial charge is 0.419 e. The van der Waals surface area contributed by atoms with Gasteiger partial charge in [-0.2, -0.15) is 0 Å². The molecule has 3 aromatic rings. The summed E-state index contributed by atoms with van der Waals surface area (Å²) < 4.78 is 5.77. The molecule has 1 aromatic heterocycles. The number of hydrogen-bond donors (Lipinski definition) is 1. The zero-order valence-electron chi connectivity index (χ0n) is 14.1. The minimum Gasteiger partial charge on any atom is -0.419 e. The Morgan fingerprint density at radius 2 is 1.96 bits per heavy atom. The van der Waals surface area contributed by atoms with Crippen LogP contribution in [0.1, 0.15) is 23.1 Å². The molecule has 2 aromatic carbocycles. The van der Waals surface area contributed by atoms with Gasteiger partial charge in [0, 0.05) is 22.0 Å². The van der Waals surface area contributed by atoms with E-state index < -0.39 is 6.10 Å². The van der Waals surface area contributed by atoms with Crippen LogP contribution in [0.4, 0.5) is 0 Å². The van der Waals surface area contributed by atoms with Crippen molar-refractivity contribution in [3.63, 3.8) is 0 Å². The van der Waals surface area contributed by atoms with Crippen LogP contribution in [0.5, 0.6) is 0 Å². The van der Waals surface area contributed by atoms with Crippen molar-refractivity contribution >= 4 is 23.2 Å². The van der Waals surface area contributed by atoms with Crippen LogP contribution in [0.2, 0.25) is 10.0 Å². The Balaban J connectivity index is 1.56. The third kappa shape index (κ3) is 3.23. The first-order chi connectivity index (χ1) is 12.5. The Bertz CT molecular complexity index is 930. The van der Waals surface area contributed by atoms with Crippen LogP contribution in [0.3, 0.4) is 0 Å². The average Bonchev–Trinajstić information content (AvgIpc) is 3.20. The van der Waals surface area contributed by atoms with Gasteiger partial charge in [-0.1, -0.05) is 41.4 Å². The van der Waals surface area contributed by atoms with Crippen LogP contribution in [-0.2, 0) is 13.0 Å². The van der Waals surface area contributed by atoms with Gasteiger partial charge in [0.05, 0.1) is 18.7 Å². The van der Waals surface area contributed by atoms with Gasteiger partial charge in [-0.3, -0.25) is 4.90 Å². The highest BCUT2D eigenvalue weighted by Crippen LogP contribution is 2.41. The highest BCUT2D eigenvalue weighted by Gasteiger charge is 2.36. The Hall–Kier alpha value is -1.92. The van der Waals surface area contributed by atoms with Gasteiger partial charge in [0.1, 0.15) is 0 Å². The van der Waals surface area contributed by atoms with Gasteiger partial charge in [0.25, 0.3) is 0 Å². The third-order valence-electron chi connectivity index (χ3n) is 4.64. The second kappa shape index (κ2) is 7.00. The standard InChI is InChI=1S/C19H17Cl2N3O2/c1-24(10-17-22-23-19(26-17)11-5-3-2-4-6-11)18-14-7-12(20)8-15(21)13(14)9-16(18)25/h2-8,16,18,25H,9-10H2,1H3. The summed E-state index contributed by atoms with van der Waals surface area (Å²) in [5.41, 5.74) is 2.76. The molecule has 4 rings (SSSR count). The van der Waals surface area contributed by atoms with E-state index in [0.717, 1.165) is 16.7 Å². The van der Waals surface area contributed by atoms with Crippen molar-refractivity contribution in [1.29, 1.82) is 0 Å². The monoisotopic (exact) mass is 389 g/mol. The molecule has 5 nitrogen and oxygen atoms in total. The summed E-state index contributed by atoms with van der Waals surface area (Å²) >= 11 is 12.4. The van der Waals surface area contributed by atoms with Crippen LogP contribution in [-0.4, -0.2) is 33.4 Å². The number of aromatic nitrogens is 2. The molecule has 134 valence electrons. The van der Waals surface area contributed by atoms with Gasteiger partial charge in [-0.25, -0.2) is 0 Å². The van der Waals surface area contributed by atoms with Crippen LogP contribution in [0.25, 0.3) is 11.5 Å². The van der Waals surface area contributed by atoms with E-state index in [9.17, 15) is 5.11 Å². The number of hydrogen-bond acceptors (Lipinski definition) is 5. The summed E-state index contributed by atoms with van der Waals surface area (Å²) in [6.07, 6.45) is -0.0677. The van der Waals surface area contributed by atoms with E-state index in [1.807, 2.05) is 48.3 Å². The first-order valence-corrected chi connectivity index (χ1v) is 9.02. The number of halogens is 2.